The van der Waals surface area contributed by atoms with Gasteiger partial charge in [0.15, 0.2) is 5.69 Å². The number of anilines is 1. The largest absolute Gasteiger partial charge is 0.461 e. The molecule has 1 amide bonds. The van der Waals surface area contributed by atoms with E-state index in [2.05, 4.69) is 10.4 Å². The van der Waals surface area contributed by atoms with Crippen LogP contribution in [0, 0.1) is 19.7 Å². The minimum Gasteiger partial charge on any atom is -0.461 e. The van der Waals surface area contributed by atoms with Crippen molar-refractivity contribution in [2.45, 2.75) is 20.8 Å². The van der Waals surface area contributed by atoms with Gasteiger partial charge >= 0.3 is 5.97 Å². The van der Waals surface area contributed by atoms with E-state index in [4.69, 9.17) is 4.74 Å². The molecule has 9 heteroatoms. The van der Waals surface area contributed by atoms with Gasteiger partial charge < -0.3 is 10.1 Å². The molecular formula is C24H20FN3O4S. The smallest absolute Gasteiger partial charge is 0.359 e. The van der Waals surface area contributed by atoms with Crippen LogP contribution in [0.2, 0.25) is 0 Å². The van der Waals surface area contributed by atoms with E-state index in [1.165, 1.54) is 18.2 Å². The van der Waals surface area contributed by atoms with E-state index in [-0.39, 0.29) is 33.6 Å². The number of hydrogen-bond acceptors (Lipinski definition) is 6. The third kappa shape index (κ3) is 4.14. The number of carbonyl (C=O) groups excluding carboxylic acids is 2. The highest BCUT2D eigenvalue weighted by Gasteiger charge is 2.24. The molecule has 4 rings (SSSR count). The highest BCUT2D eigenvalue weighted by Crippen LogP contribution is 2.31. The number of aryl methyl sites for hydroxylation is 2. The van der Waals surface area contributed by atoms with E-state index >= 15 is 0 Å². The molecule has 4 aromatic rings. The van der Waals surface area contributed by atoms with Gasteiger partial charge in [-0.05, 0) is 56.2 Å². The van der Waals surface area contributed by atoms with Crippen LogP contribution in [0.5, 0.6) is 0 Å². The lowest BCUT2D eigenvalue weighted by atomic mass is 10.1. The van der Waals surface area contributed by atoms with Crippen molar-refractivity contribution in [3.05, 3.63) is 86.4 Å². The summed E-state index contributed by atoms with van der Waals surface area (Å²) in [5, 5.41) is 8.99. The lowest BCUT2D eigenvalue weighted by Gasteiger charge is -2.11. The number of halogens is 1. The van der Waals surface area contributed by atoms with Gasteiger partial charge in [-0.1, -0.05) is 18.2 Å². The Morgan fingerprint density at radius 2 is 1.91 bits per heavy atom. The van der Waals surface area contributed by atoms with Gasteiger partial charge in [-0.2, -0.15) is 9.78 Å². The van der Waals surface area contributed by atoms with Crippen LogP contribution in [-0.4, -0.2) is 28.3 Å². The minimum atomic E-state index is -0.705. The standard InChI is InChI=1S/C24H20FN3O4S/c1-4-32-24(31)20-17-12-33-22(26-21(29)16-7-5-6-8-18(16)25)19(17)23(30)28(27-20)15-10-9-13(2)14(3)11-15/h5-12H,4H2,1-3H3,(H,26,29). The Bertz CT molecular complexity index is 1460. The van der Waals surface area contributed by atoms with E-state index < -0.39 is 23.3 Å². The molecule has 2 heterocycles. The maximum Gasteiger partial charge on any atom is 0.359 e. The molecule has 0 saturated heterocycles. The molecule has 0 aliphatic heterocycles. The van der Waals surface area contributed by atoms with Crippen molar-refractivity contribution in [1.82, 2.24) is 9.78 Å². The lowest BCUT2D eigenvalue weighted by molar-refractivity contribution is 0.0520. The predicted molar refractivity (Wildman–Crippen MR) is 125 cm³/mol. The second-order valence-electron chi connectivity index (χ2n) is 7.34. The van der Waals surface area contributed by atoms with Crippen LogP contribution in [0.15, 0.2) is 52.6 Å². The maximum absolute atomic E-state index is 14.1. The van der Waals surface area contributed by atoms with Gasteiger partial charge in [0.2, 0.25) is 0 Å². The van der Waals surface area contributed by atoms with Gasteiger partial charge in [-0.3, -0.25) is 9.59 Å². The van der Waals surface area contributed by atoms with Crippen molar-refractivity contribution in [1.29, 1.82) is 0 Å². The van der Waals surface area contributed by atoms with Crippen molar-refractivity contribution in [3.63, 3.8) is 0 Å². The molecule has 0 radical (unpaired) electrons. The van der Waals surface area contributed by atoms with E-state index in [1.807, 2.05) is 19.9 Å². The Morgan fingerprint density at radius 1 is 1.15 bits per heavy atom. The summed E-state index contributed by atoms with van der Waals surface area (Å²) < 4.78 is 20.3. The first-order valence-electron chi connectivity index (χ1n) is 10.2. The first-order valence-corrected chi connectivity index (χ1v) is 11.0. The average molecular weight is 466 g/mol. The van der Waals surface area contributed by atoms with Crippen molar-refractivity contribution >= 4 is 39.0 Å². The van der Waals surface area contributed by atoms with Gasteiger partial charge in [0.25, 0.3) is 11.5 Å². The molecule has 7 nitrogen and oxygen atoms in total. The van der Waals surface area contributed by atoms with E-state index in [0.717, 1.165) is 27.1 Å². The van der Waals surface area contributed by atoms with Crippen molar-refractivity contribution in [2.24, 2.45) is 0 Å². The normalized spacial score (nSPS) is 10.9. The van der Waals surface area contributed by atoms with Gasteiger partial charge in [0, 0.05) is 10.8 Å². The van der Waals surface area contributed by atoms with Gasteiger partial charge in [-0.25, -0.2) is 9.18 Å². The second kappa shape index (κ2) is 8.95. The Morgan fingerprint density at radius 3 is 2.61 bits per heavy atom. The Labute approximate surface area is 192 Å². The topological polar surface area (TPSA) is 90.3 Å². The van der Waals surface area contributed by atoms with E-state index in [1.54, 1.807) is 30.5 Å². The molecule has 2 aromatic carbocycles. The number of fused-ring (bicyclic) bond motifs is 1. The van der Waals surface area contributed by atoms with Crippen molar-refractivity contribution in [2.75, 3.05) is 11.9 Å². The number of ether oxygens (including phenoxy) is 1. The third-order valence-corrected chi connectivity index (χ3v) is 6.10. The molecular weight excluding hydrogens is 445 g/mol. The summed E-state index contributed by atoms with van der Waals surface area (Å²) in [6.07, 6.45) is 0. The summed E-state index contributed by atoms with van der Waals surface area (Å²) >= 11 is 1.05. The predicted octanol–water partition coefficient (Wildman–Crippen LogP) is 4.63. The number of thiophene rings is 1. The van der Waals surface area contributed by atoms with Crippen LogP contribution in [0.4, 0.5) is 9.39 Å². The van der Waals surface area contributed by atoms with Gasteiger partial charge in [0.05, 0.1) is 23.2 Å². The Kier molecular flexibility index (Phi) is 6.06. The van der Waals surface area contributed by atoms with Crippen molar-refractivity contribution < 1.29 is 18.7 Å². The summed E-state index contributed by atoms with van der Waals surface area (Å²) in [6.45, 7) is 5.64. The third-order valence-electron chi connectivity index (χ3n) is 5.20. The molecule has 0 saturated carbocycles. The lowest BCUT2D eigenvalue weighted by Crippen LogP contribution is -2.25. The summed E-state index contributed by atoms with van der Waals surface area (Å²) in [4.78, 5) is 38.8. The molecule has 0 aliphatic rings. The van der Waals surface area contributed by atoms with Crippen LogP contribution < -0.4 is 10.9 Å². The summed E-state index contributed by atoms with van der Waals surface area (Å²) in [6, 6.07) is 10.9. The van der Waals surface area contributed by atoms with Crippen LogP contribution in [-0.2, 0) is 4.74 Å². The number of rotatable bonds is 5. The number of nitrogens with zero attached hydrogens (tertiary/aromatic N) is 2. The van der Waals surface area contributed by atoms with E-state index in [0.29, 0.717) is 5.69 Å². The van der Waals surface area contributed by atoms with Crippen LogP contribution in [0.1, 0.15) is 38.9 Å². The molecule has 0 aliphatic carbocycles. The van der Waals surface area contributed by atoms with Crippen molar-refractivity contribution in [3.8, 4) is 5.69 Å². The SMILES string of the molecule is CCOC(=O)c1nn(-c2ccc(C)c(C)c2)c(=O)c2c(NC(=O)c3ccccc3F)scc12. The minimum absolute atomic E-state index is 0.0488. The van der Waals surface area contributed by atoms with Crippen LogP contribution >= 0.6 is 11.3 Å². The zero-order valence-electron chi connectivity index (χ0n) is 18.1. The molecule has 0 spiro atoms. The van der Waals surface area contributed by atoms with Crippen LogP contribution in [0.3, 0.4) is 0 Å². The molecule has 0 atom stereocenters. The summed E-state index contributed by atoms with van der Waals surface area (Å²) in [7, 11) is 0. The quantitative estimate of drug-likeness (QED) is 0.434. The molecule has 2 aromatic heterocycles. The molecule has 1 N–H and O–H groups in total. The number of aromatic nitrogens is 2. The number of hydrogen-bond donors (Lipinski definition) is 1. The highest BCUT2D eigenvalue weighted by molar-refractivity contribution is 7.16. The first kappa shape index (κ1) is 22.3. The number of nitrogens with one attached hydrogen (secondary N) is 1. The summed E-state index contributed by atoms with van der Waals surface area (Å²) in [5.74, 6) is -2.08. The number of carbonyl (C=O) groups is 2. The fourth-order valence-corrected chi connectivity index (χ4v) is 4.27. The average Bonchev–Trinajstić information content (AvgIpc) is 3.20. The molecule has 0 bridgehead atoms. The first-order chi connectivity index (χ1) is 15.8. The van der Waals surface area contributed by atoms with Gasteiger partial charge in [0.1, 0.15) is 10.8 Å². The Balaban J connectivity index is 1.91. The van der Waals surface area contributed by atoms with E-state index in [9.17, 15) is 18.8 Å². The molecule has 33 heavy (non-hydrogen) atoms. The number of amides is 1. The molecule has 0 unspecified atom stereocenters. The number of benzene rings is 2. The molecule has 0 fully saturated rings. The molecule has 168 valence electrons. The number of esters is 1. The summed E-state index contributed by atoms with van der Waals surface area (Å²) in [5.41, 5.74) is 1.71. The fraction of sp³-hybridized carbons (Fsp3) is 0.167. The zero-order valence-corrected chi connectivity index (χ0v) is 19.0. The van der Waals surface area contributed by atoms with Crippen LogP contribution in [0.25, 0.3) is 16.5 Å². The highest BCUT2D eigenvalue weighted by atomic mass is 32.1. The second-order valence-corrected chi connectivity index (χ2v) is 8.22. The van der Waals surface area contributed by atoms with Gasteiger partial charge in [-0.15, -0.1) is 11.3 Å². The fourth-order valence-electron chi connectivity index (χ4n) is 3.34. The zero-order chi connectivity index (χ0) is 23.7. The monoisotopic (exact) mass is 465 g/mol. The maximum atomic E-state index is 14.1. The Hall–Kier alpha value is -3.85.